The molecule has 0 radical (unpaired) electrons. The molecule has 9 aliphatic rings. The highest BCUT2D eigenvalue weighted by Crippen LogP contribution is 2.76. The van der Waals surface area contributed by atoms with E-state index in [9.17, 15) is 81.1 Å². The summed E-state index contributed by atoms with van der Waals surface area (Å²) in [6.07, 6.45) is -31.4. The number of hydrogen-bond acceptors (Lipinski definition) is 23. The maximum absolute atomic E-state index is 15.3. The molecular weight excluding hydrogens is 1020 g/mol. The summed E-state index contributed by atoms with van der Waals surface area (Å²) >= 11 is 0. The number of carbonyl (C=O) groups excluding carboxylic acids is 1. The van der Waals surface area contributed by atoms with Crippen molar-refractivity contribution in [3.8, 4) is 0 Å². The second kappa shape index (κ2) is 20.7. The van der Waals surface area contributed by atoms with Gasteiger partial charge in [-0.05, 0) is 105 Å². The molecular formula is C52H80O25. The fourth-order valence-corrected chi connectivity index (χ4v) is 16.1. The minimum absolute atomic E-state index is 0.00693. The van der Waals surface area contributed by atoms with Crippen molar-refractivity contribution in [2.75, 3.05) is 13.2 Å². The van der Waals surface area contributed by atoms with Crippen molar-refractivity contribution in [3.63, 3.8) is 0 Å². The Morgan fingerprint density at radius 2 is 1.19 bits per heavy atom. The number of carboxylic acids is 2. The van der Waals surface area contributed by atoms with Gasteiger partial charge in [0, 0.05) is 0 Å². The lowest BCUT2D eigenvalue weighted by Crippen LogP contribution is -2.71. The average Bonchev–Trinajstić information content (AvgIpc) is 3.55. The second-order valence-corrected chi connectivity index (χ2v) is 25.4. The number of carbonyl (C=O) groups is 3. The maximum atomic E-state index is 15.3. The van der Waals surface area contributed by atoms with Crippen molar-refractivity contribution in [3.05, 3.63) is 11.6 Å². The van der Waals surface area contributed by atoms with Crippen LogP contribution in [0.25, 0.3) is 0 Å². The van der Waals surface area contributed by atoms with E-state index in [4.69, 9.17) is 37.9 Å². The van der Waals surface area contributed by atoms with Gasteiger partial charge in [0.2, 0.25) is 6.29 Å². The molecule has 25 nitrogen and oxygen atoms in total. The molecule has 9 rings (SSSR count). The molecule has 0 amide bonds. The lowest BCUT2D eigenvalue weighted by atomic mass is 9.33. The van der Waals surface area contributed by atoms with Crippen LogP contribution >= 0.6 is 0 Å². The topological polar surface area (TPSA) is 408 Å². The zero-order valence-electron chi connectivity index (χ0n) is 44.3. The first kappa shape index (κ1) is 59.0. The van der Waals surface area contributed by atoms with Crippen molar-refractivity contribution in [2.45, 2.75) is 229 Å². The van der Waals surface area contributed by atoms with Gasteiger partial charge in [0.05, 0.1) is 36.9 Å². The number of aliphatic hydroxyl groups is 12. The summed E-state index contributed by atoms with van der Waals surface area (Å²) in [6.45, 7) is 12.2. The highest BCUT2D eigenvalue weighted by molar-refractivity contribution is 5.80. The molecule has 8 fully saturated rings. The molecule has 4 heterocycles. The van der Waals surface area contributed by atoms with Crippen LogP contribution in [0.1, 0.15) is 99.8 Å². The SMILES string of the molecule is C[C@@H]1O[C@@H](O[C@H]2[C@H](OC(=O)[C@]34CCC(C)(C)C[C@H]3C3=CCC5[C@@]6(C)C[C@H](O)[C@H](O[C@@H]7O[C@H](C(=O)O)[C@@H](O)[C@H](O)[C@H]7O)[C@@](C)(C(=O)O)C6CC[C@@]5(C)[C@]3(C)C[C@H]4O)OC[C@H](O)[C@@H]2O)[C@H](O)[C@H](O)[C@H]1O[C@@H]1OC[C@@H](O)[C@H](O)[C@H]1O. The van der Waals surface area contributed by atoms with Crippen LogP contribution < -0.4 is 0 Å². The molecule has 0 aromatic carbocycles. The Balaban J connectivity index is 0.973. The van der Waals surface area contributed by atoms with Crippen molar-refractivity contribution < 1.29 is 124 Å². The lowest BCUT2D eigenvalue weighted by molar-refractivity contribution is -0.369. The third kappa shape index (κ3) is 9.22. The highest BCUT2D eigenvalue weighted by atomic mass is 16.8. The maximum Gasteiger partial charge on any atom is 0.335 e. The number of aliphatic carboxylic acids is 2. The largest absolute Gasteiger partial charge is 0.481 e. The van der Waals surface area contributed by atoms with Crippen molar-refractivity contribution in [1.82, 2.24) is 0 Å². The van der Waals surface area contributed by atoms with Gasteiger partial charge in [-0.1, -0.05) is 46.3 Å². The Kier molecular flexibility index (Phi) is 15.8. The standard InChI is InChI=1S/C52H80O25/c1-19-36(73-41-33(62)28(57)23(54)17-70-41)32(61)35(64)42(72-19)75-38-29(58)24(55)18-71-44(38)77-46(69)52-13-12-47(2,3)14-21(52)20-8-9-25-48(4)15-22(53)39(76-43-34(63)30(59)31(60)37(74-43)40(65)66)51(7,45(67)68)26(48)10-11-49(25,5)50(20,6)16-27(52)56/h8,19,21-39,41-44,53-64H,9-18H2,1-7H3,(H,65,66)(H,67,68)/t19-,21-,22-,23+,24-,25?,26?,27+,28-,29-,30-,31-,32-,33+,34+,35+,36-,37-,38+,39-,41-,42-,43-,44-,48+,49+,50+,51-,52+/m0/s1. The smallest absolute Gasteiger partial charge is 0.335 e. The van der Waals surface area contributed by atoms with Gasteiger partial charge in [-0.15, -0.1) is 0 Å². The van der Waals surface area contributed by atoms with Crippen LogP contribution in [0.4, 0.5) is 0 Å². The van der Waals surface area contributed by atoms with E-state index in [-0.39, 0.29) is 37.0 Å². The number of allylic oxidation sites excluding steroid dienone is 2. The average molecular weight is 1110 g/mol. The fourth-order valence-electron chi connectivity index (χ4n) is 16.1. The van der Waals surface area contributed by atoms with Gasteiger partial charge < -0.3 is 109 Å². The quantitative estimate of drug-likeness (QED) is 0.0604. The van der Waals surface area contributed by atoms with Gasteiger partial charge in [0.1, 0.15) is 78.7 Å². The number of hydrogen-bond donors (Lipinski definition) is 14. The molecule has 14 N–H and O–H groups in total. The highest BCUT2D eigenvalue weighted by Gasteiger charge is 2.74. The molecule has 2 unspecified atom stereocenters. The molecule has 77 heavy (non-hydrogen) atoms. The summed E-state index contributed by atoms with van der Waals surface area (Å²) in [5, 5.41) is 153. The second-order valence-electron chi connectivity index (χ2n) is 25.4. The Morgan fingerprint density at radius 3 is 1.84 bits per heavy atom. The summed E-state index contributed by atoms with van der Waals surface area (Å²) in [4.78, 5) is 40.9. The molecule has 4 saturated heterocycles. The Morgan fingerprint density at radius 1 is 0.597 bits per heavy atom. The van der Waals surface area contributed by atoms with Crippen LogP contribution in [0.3, 0.4) is 0 Å². The molecule has 4 saturated carbocycles. The van der Waals surface area contributed by atoms with Crippen molar-refractivity contribution in [2.24, 2.45) is 50.2 Å². The third-order valence-corrected chi connectivity index (χ3v) is 20.7. The first-order chi connectivity index (χ1) is 35.8. The molecule has 4 aliphatic heterocycles. The monoisotopic (exact) mass is 1100 g/mol. The molecule has 0 aromatic heterocycles. The first-order valence-corrected chi connectivity index (χ1v) is 26.9. The fraction of sp³-hybridized carbons (Fsp3) is 0.904. The predicted molar refractivity (Wildman–Crippen MR) is 255 cm³/mol. The summed E-state index contributed by atoms with van der Waals surface area (Å²) in [5.41, 5.74) is -5.38. The molecule has 438 valence electrons. The normalized spacial score (nSPS) is 54.6. The number of rotatable bonds is 10. The summed E-state index contributed by atoms with van der Waals surface area (Å²) in [7, 11) is 0. The van der Waals surface area contributed by atoms with Gasteiger partial charge in [-0.25, -0.2) is 4.79 Å². The van der Waals surface area contributed by atoms with Crippen LogP contribution in [0.2, 0.25) is 0 Å². The van der Waals surface area contributed by atoms with Crippen molar-refractivity contribution >= 4 is 17.9 Å². The van der Waals surface area contributed by atoms with E-state index in [2.05, 4.69) is 33.8 Å². The molecule has 25 heteroatoms. The van der Waals surface area contributed by atoms with Crippen LogP contribution in [0.5, 0.6) is 0 Å². The van der Waals surface area contributed by atoms with Gasteiger partial charge in [0.25, 0.3) is 0 Å². The zero-order valence-corrected chi connectivity index (χ0v) is 44.3. The van der Waals surface area contributed by atoms with Crippen molar-refractivity contribution in [1.29, 1.82) is 0 Å². The number of esters is 1. The predicted octanol–water partition coefficient (Wildman–Crippen LogP) is -2.63. The Hall–Kier alpha value is -2.61. The molecule has 0 aromatic rings. The third-order valence-electron chi connectivity index (χ3n) is 20.7. The van der Waals surface area contributed by atoms with Crippen LogP contribution in [0.15, 0.2) is 11.6 Å². The first-order valence-electron chi connectivity index (χ1n) is 26.9. The molecule has 0 spiro atoms. The molecule has 0 bridgehead atoms. The Labute approximate surface area is 444 Å². The van der Waals surface area contributed by atoms with E-state index in [0.29, 0.717) is 25.7 Å². The van der Waals surface area contributed by atoms with Crippen LogP contribution in [-0.2, 0) is 52.3 Å². The number of fused-ring (bicyclic) bond motifs is 7. The summed E-state index contributed by atoms with van der Waals surface area (Å²) < 4.78 is 46.4. The molecule has 5 aliphatic carbocycles. The Bertz CT molecular complexity index is 2250. The summed E-state index contributed by atoms with van der Waals surface area (Å²) in [6, 6.07) is 0. The summed E-state index contributed by atoms with van der Waals surface area (Å²) in [5.74, 6) is -5.53. The van der Waals surface area contributed by atoms with E-state index < -0.39 is 199 Å². The van der Waals surface area contributed by atoms with Crippen LogP contribution in [0, 0.1) is 50.2 Å². The van der Waals surface area contributed by atoms with E-state index in [1.807, 2.05) is 6.92 Å². The van der Waals surface area contributed by atoms with Gasteiger partial charge >= 0.3 is 17.9 Å². The van der Waals surface area contributed by atoms with E-state index in [1.165, 1.54) is 13.8 Å². The number of ether oxygens (including phenoxy) is 8. The lowest BCUT2D eigenvalue weighted by Gasteiger charge is -2.71. The number of aliphatic hydroxyl groups excluding tert-OH is 12. The van der Waals surface area contributed by atoms with Crippen LogP contribution in [-0.4, -0.2) is 232 Å². The van der Waals surface area contributed by atoms with Gasteiger partial charge in [-0.3, -0.25) is 9.59 Å². The van der Waals surface area contributed by atoms with Gasteiger partial charge in [0.15, 0.2) is 31.1 Å². The van der Waals surface area contributed by atoms with E-state index in [1.54, 1.807) is 0 Å². The van der Waals surface area contributed by atoms with E-state index in [0.717, 1.165) is 5.57 Å². The van der Waals surface area contributed by atoms with E-state index >= 15 is 4.79 Å². The minimum Gasteiger partial charge on any atom is -0.481 e. The zero-order chi connectivity index (χ0) is 56.6. The van der Waals surface area contributed by atoms with Gasteiger partial charge in [-0.2, -0.15) is 0 Å². The minimum atomic E-state index is -2.03. The molecule has 29 atom stereocenters. The number of carboxylic acid groups (broad SMARTS) is 2.